The molecule has 2 saturated heterocycles. The van der Waals surface area contributed by atoms with Gasteiger partial charge >= 0.3 is 6.18 Å². The fourth-order valence-electron chi connectivity index (χ4n) is 4.49. The minimum absolute atomic E-state index is 0.0549. The van der Waals surface area contributed by atoms with Crippen LogP contribution in [0.4, 0.5) is 13.2 Å². The van der Waals surface area contributed by atoms with Gasteiger partial charge in [-0.05, 0) is 45.7 Å². The normalized spacial score (nSPS) is 25.2. The van der Waals surface area contributed by atoms with Crippen LogP contribution in [0.3, 0.4) is 0 Å². The molecule has 0 bridgehead atoms. The average Bonchev–Trinajstić information content (AvgIpc) is 2.91. The van der Waals surface area contributed by atoms with Crippen LogP contribution < -0.4 is 0 Å². The quantitative estimate of drug-likeness (QED) is 0.758. The van der Waals surface area contributed by atoms with Crippen molar-refractivity contribution in [2.45, 2.75) is 51.9 Å². The number of halogens is 3. The van der Waals surface area contributed by atoms with Crippen LogP contribution in [0.15, 0.2) is 30.3 Å². The molecule has 0 aliphatic carbocycles. The van der Waals surface area contributed by atoms with Crippen molar-refractivity contribution in [1.29, 1.82) is 0 Å². The fraction of sp³-hybridized carbons (Fsp3) is 0.682. The van der Waals surface area contributed by atoms with E-state index in [1.807, 2.05) is 30.3 Å². The Labute approximate surface area is 171 Å². The van der Waals surface area contributed by atoms with Gasteiger partial charge < -0.3 is 4.90 Å². The van der Waals surface area contributed by atoms with Crippen molar-refractivity contribution in [2.24, 2.45) is 5.41 Å². The third-order valence-corrected chi connectivity index (χ3v) is 6.28. The van der Waals surface area contributed by atoms with Gasteiger partial charge in [-0.2, -0.15) is 13.2 Å². The Morgan fingerprint density at radius 1 is 1.00 bits per heavy atom. The summed E-state index contributed by atoms with van der Waals surface area (Å²) in [5, 5.41) is 0. The lowest BCUT2D eigenvalue weighted by Crippen LogP contribution is -2.54. The van der Waals surface area contributed by atoms with Gasteiger partial charge in [-0.15, -0.1) is 0 Å². The summed E-state index contributed by atoms with van der Waals surface area (Å²) in [5.74, 6) is -0.740. The van der Waals surface area contributed by atoms with E-state index in [4.69, 9.17) is 0 Å². The Balaban J connectivity index is 1.74. The average molecular weight is 412 g/mol. The van der Waals surface area contributed by atoms with E-state index in [2.05, 4.69) is 25.7 Å². The van der Waals surface area contributed by atoms with Gasteiger partial charge in [-0.1, -0.05) is 30.3 Å². The summed E-state index contributed by atoms with van der Waals surface area (Å²) >= 11 is 0. The molecule has 2 heterocycles. The maximum absolute atomic E-state index is 14.2. The molecular formula is C22H32F3N3O. The minimum atomic E-state index is -4.55. The molecule has 7 heteroatoms. The summed E-state index contributed by atoms with van der Waals surface area (Å²) < 4.78 is 42.6. The molecule has 0 N–H and O–H groups in total. The fourth-order valence-corrected chi connectivity index (χ4v) is 4.49. The number of nitrogens with zero attached hydrogens (tertiary/aromatic N) is 3. The molecule has 0 spiro atoms. The molecule has 1 aromatic carbocycles. The van der Waals surface area contributed by atoms with Crippen LogP contribution in [0.25, 0.3) is 0 Å². The number of amides is 1. The molecule has 2 fully saturated rings. The van der Waals surface area contributed by atoms with Crippen LogP contribution >= 0.6 is 0 Å². The third kappa shape index (κ3) is 4.77. The van der Waals surface area contributed by atoms with E-state index in [0.29, 0.717) is 32.6 Å². The lowest BCUT2D eigenvalue weighted by molar-refractivity contribution is -0.223. The molecule has 29 heavy (non-hydrogen) atoms. The zero-order chi connectivity index (χ0) is 21.3. The van der Waals surface area contributed by atoms with Crippen LogP contribution in [0, 0.1) is 5.41 Å². The number of hydrogen-bond donors (Lipinski definition) is 0. The summed E-state index contributed by atoms with van der Waals surface area (Å²) in [7, 11) is 0. The Kier molecular flexibility index (Phi) is 6.30. The van der Waals surface area contributed by atoms with E-state index in [-0.39, 0.29) is 25.0 Å². The molecule has 1 aromatic rings. The van der Waals surface area contributed by atoms with Gasteiger partial charge in [0.2, 0.25) is 5.91 Å². The van der Waals surface area contributed by atoms with Gasteiger partial charge in [-0.25, -0.2) is 0 Å². The van der Waals surface area contributed by atoms with E-state index in [9.17, 15) is 18.0 Å². The maximum Gasteiger partial charge on any atom is 0.404 e. The van der Waals surface area contributed by atoms with Crippen molar-refractivity contribution in [2.75, 3.05) is 39.3 Å². The monoisotopic (exact) mass is 411 g/mol. The van der Waals surface area contributed by atoms with Crippen molar-refractivity contribution in [3.05, 3.63) is 35.9 Å². The zero-order valence-electron chi connectivity index (χ0n) is 17.6. The van der Waals surface area contributed by atoms with E-state index in [0.717, 1.165) is 12.1 Å². The molecule has 1 unspecified atom stereocenters. The van der Waals surface area contributed by atoms with Gasteiger partial charge in [0.1, 0.15) is 0 Å². The van der Waals surface area contributed by atoms with E-state index in [1.54, 1.807) is 4.90 Å². The second-order valence-corrected chi connectivity index (χ2v) is 9.33. The predicted octanol–water partition coefficient (Wildman–Crippen LogP) is 3.77. The highest BCUT2D eigenvalue weighted by atomic mass is 19.4. The Morgan fingerprint density at radius 2 is 1.69 bits per heavy atom. The Hall–Kier alpha value is -1.60. The van der Waals surface area contributed by atoms with Crippen LogP contribution in [0.2, 0.25) is 0 Å². The van der Waals surface area contributed by atoms with E-state index >= 15 is 0 Å². The van der Waals surface area contributed by atoms with Crippen molar-refractivity contribution in [1.82, 2.24) is 14.7 Å². The number of rotatable bonds is 3. The largest absolute Gasteiger partial charge is 0.404 e. The Bertz CT molecular complexity index is 701. The molecule has 2 aliphatic rings. The molecule has 0 saturated carbocycles. The summed E-state index contributed by atoms with van der Waals surface area (Å²) in [6, 6.07) is 9.46. The van der Waals surface area contributed by atoms with Gasteiger partial charge in [0.05, 0.1) is 0 Å². The highest BCUT2D eigenvalue weighted by Gasteiger charge is 2.64. The lowest BCUT2D eigenvalue weighted by atomic mass is 9.84. The van der Waals surface area contributed by atoms with Crippen molar-refractivity contribution < 1.29 is 18.0 Å². The van der Waals surface area contributed by atoms with Crippen LogP contribution in [-0.4, -0.2) is 71.6 Å². The Morgan fingerprint density at radius 3 is 2.31 bits per heavy atom. The van der Waals surface area contributed by atoms with Gasteiger partial charge in [0.15, 0.2) is 5.41 Å². The molecule has 162 valence electrons. The van der Waals surface area contributed by atoms with E-state index < -0.39 is 17.5 Å². The second-order valence-electron chi connectivity index (χ2n) is 9.33. The number of benzene rings is 1. The molecule has 0 radical (unpaired) electrons. The molecule has 2 aliphatic heterocycles. The molecular weight excluding hydrogens is 379 g/mol. The molecule has 1 atom stereocenters. The predicted molar refractivity (Wildman–Crippen MR) is 107 cm³/mol. The van der Waals surface area contributed by atoms with Crippen LogP contribution in [-0.2, 0) is 11.3 Å². The highest BCUT2D eigenvalue weighted by molar-refractivity contribution is 5.84. The van der Waals surface area contributed by atoms with Crippen LogP contribution in [0.1, 0.15) is 39.2 Å². The molecule has 1 amide bonds. The lowest BCUT2D eigenvalue weighted by Gasteiger charge is -2.36. The number of hydrogen-bond acceptors (Lipinski definition) is 3. The van der Waals surface area contributed by atoms with Gasteiger partial charge in [0.25, 0.3) is 0 Å². The summed E-state index contributed by atoms with van der Waals surface area (Å²) in [4.78, 5) is 18.7. The number of carbonyl (C=O) groups excluding carboxylic acids is 1. The number of likely N-dealkylation sites (tertiary alicyclic amines) is 1. The molecule has 0 aromatic heterocycles. The van der Waals surface area contributed by atoms with Gasteiger partial charge in [-0.3, -0.25) is 14.6 Å². The first-order valence-electron chi connectivity index (χ1n) is 10.4. The SMILES string of the molecule is CC(C)(C)N1CCCN(C(=O)C2(C(F)(F)F)CCN(Cc3ccccc3)C2)CC1. The second kappa shape index (κ2) is 8.26. The minimum Gasteiger partial charge on any atom is -0.341 e. The third-order valence-electron chi connectivity index (χ3n) is 6.28. The van der Waals surface area contributed by atoms with Gasteiger partial charge in [0, 0.05) is 44.8 Å². The smallest absolute Gasteiger partial charge is 0.341 e. The first-order valence-corrected chi connectivity index (χ1v) is 10.4. The summed E-state index contributed by atoms with van der Waals surface area (Å²) in [5.41, 5.74) is -1.38. The summed E-state index contributed by atoms with van der Waals surface area (Å²) in [6.45, 7) is 8.90. The number of alkyl halides is 3. The number of carbonyl (C=O) groups is 1. The zero-order valence-corrected chi connectivity index (χ0v) is 17.6. The van der Waals surface area contributed by atoms with E-state index in [1.165, 1.54) is 4.90 Å². The summed E-state index contributed by atoms with van der Waals surface area (Å²) in [6.07, 6.45) is -4.02. The first-order chi connectivity index (χ1) is 13.5. The molecule has 4 nitrogen and oxygen atoms in total. The van der Waals surface area contributed by atoms with Crippen molar-refractivity contribution >= 4 is 5.91 Å². The standard InChI is InChI=1S/C22H32F3N3O/c1-20(2,3)28-12-7-11-27(14-15-28)19(29)21(22(23,24)25)10-13-26(17-21)16-18-8-5-4-6-9-18/h4-6,8-9H,7,10-17H2,1-3H3. The maximum atomic E-state index is 14.2. The van der Waals surface area contributed by atoms with Crippen molar-refractivity contribution in [3.8, 4) is 0 Å². The molecule has 3 rings (SSSR count). The first kappa shape index (κ1) is 22.1. The topological polar surface area (TPSA) is 26.8 Å². The highest BCUT2D eigenvalue weighted by Crippen LogP contribution is 2.47. The van der Waals surface area contributed by atoms with Crippen LogP contribution in [0.5, 0.6) is 0 Å². The van der Waals surface area contributed by atoms with Crippen molar-refractivity contribution in [3.63, 3.8) is 0 Å².